The number of aldehydes is 1. The van der Waals surface area contributed by atoms with E-state index in [-0.39, 0.29) is 6.61 Å². The van der Waals surface area contributed by atoms with Crippen LogP contribution in [0.15, 0.2) is 24.4 Å². The molecule has 1 rings (SSSR count). The van der Waals surface area contributed by atoms with E-state index in [4.69, 9.17) is 5.11 Å². The predicted octanol–water partition coefficient (Wildman–Crippen LogP) is 0.226. The number of carbonyl (C=O) groups excluding carboxylic acids is 1. The molecule has 0 bridgehead atoms. The third-order valence-electron chi connectivity index (χ3n) is 2.18. The van der Waals surface area contributed by atoms with E-state index in [0.717, 1.165) is 6.29 Å². The minimum atomic E-state index is -0.439. The van der Waals surface area contributed by atoms with Crippen LogP contribution < -0.4 is 5.32 Å². The Labute approximate surface area is 71.8 Å². The van der Waals surface area contributed by atoms with Crippen LogP contribution in [0.1, 0.15) is 6.92 Å². The molecule has 0 aromatic heterocycles. The second-order valence-corrected chi connectivity index (χ2v) is 3.07. The van der Waals surface area contributed by atoms with Gasteiger partial charge in [-0.25, -0.2) is 0 Å². The lowest BCUT2D eigenvalue weighted by molar-refractivity contribution is -0.113. The summed E-state index contributed by atoms with van der Waals surface area (Å²) >= 11 is 0. The highest BCUT2D eigenvalue weighted by Crippen LogP contribution is 2.19. The Morgan fingerprint density at radius 3 is 2.83 bits per heavy atom. The van der Waals surface area contributed by atoms with Crippen molar-refractivity contribution in [3.63, 3.8) is 0 Å². The van der Waals surface area contributed by atoms with Crippen LogP contribution in [0.5, 0.6) is 0 Å². The van der Waals surface area contributed by atoms with Gasteiger partial charge in [0, 0.05) is 0 Å². The van der Waals surface area contributed by atoms with Gasteiger partial charge in [-0.3, -0.25) is 0 Å². The van der Waals surface area contributed by atoms with Gasteiger partial charge in [0.1, 0.15) is 6.29 Å². The Morgan fingerprint density at radius 1 is 1.67 bits per heavy atom. The standard InChI is InChI=1S/C9H13NO2/c1-9(8(6-11)7-12)4-2-3-5-10-9/h2-6,8,10,12H,7H2,1H3. The first-order valence-electron chi connectivity index (χ1n) is 3.91. The molecule has 0 saturated carbocycles. The van der Waals surface area contributed by atoms with E-state index in [0.29, 0.717) is 0 Å². The summed E-state index contributed by atoms with van der Waals surface area (Å²) in [5.74, 6) is -0.390. The average molecular weight is 167 g/mol. The fourth-order valence-corrected chi connectivity index (χ4v) is 1.19. The Hall–Kier alpha value is -1.09. The first kappa shape index (κ1) is 9.00. The second kappa shape index (κ2) is 3.54. The van der Waals surface area contributed by atoms with Crippen molar-refractivity contribution in [3.05, 3.63) is 24.4 Å². The van der Waals surface area contributed by atoms with E-state index in [2.05, 4.69) is 5.32 Å². The van der Waals surface area contributed by atoms with Gasteiger partial charge in [-0.05, 0) is 19.2 Å². The zero-order valence-electron chi connectivity index (χ0n) is 7.03. The summed E-state index contributed by atoms with van der Waals surface area (Å²) in [7, 11) is 0. The molecule has 0 radical (unpaired) electrons. The maximum absolute atomic E-state index is 10.6. The summed E-state index contributed by atoms with van der Waals surface area (Å²) in [5, 5.41) is 12.0. The number of hydrogen-bond acceptors (Lipinski definition) is 3. The first-order valence-corrected chi connectivity index (χ1v) is 3.91. The van der Waals surface area contributed by atoms with Gasteiger partial charge in [-0.1, -0.05) is 12.2 Å². The number of nitrogens with one attached hydrogen (secondary N) is 1. The van der Waals surface area contributed by atoms with Crippen LogP contribution >= 0.6 is 0 Å². The average Bonchev–Trinajstić information content (AvgIpc) is 2.07. The van der Waals surface area contributed by atoms with E-state index in [9.17, 15) is 4.79 Å². The van der Waals surface area contributed by atoms with Crippen molar-refractivity contribution < 1.29 is 9.90 Å². The van der Waals surface area contributed by atoms with Crippen LogP contribution in [-0.2, 0) is 4.79 Å². The van der Waals surface area contributed by atoms with Gasteiger partial charge in [0.15, 0.2) is 0 Å². The monoisotopic (exact) mass is 167 g/mol. The van der Waals surface area contributed by atoms with Crippen LogP contribution in [0.4, 0.5) is 0 Å². The van der Waals surface area contributed by atoms with Gasteiger partial charge in [0.05, 0.1) is 18.1 Å². The van der Waals surface area contributed by atoms with Crippen LogP contribution in [0.2, 0.25) is 0 Å². The van der Waals surface area contributed by atoms with E-state index in [1.165, 1.54) is 0 Å². The minimum absolute atomic E-state index is 0.134. The third kappa shape index (κ3) is 1.56. The first-order chi connectivity index (χ1) is 5.73. The lowest BCUT2D eigenvalue weighted by Crippen LogP contribution is -2.47. The molecule has 0 aromatic rings. The number of rotatable bonds is 3. The van der Waals surface area contributed by atoms with E-state index in [1.54, 1.807) is 6.20 Å². The van der Waals surface area contributed by atoms with Crippen molar-refractivity contribution in [2.75, 3.05) is 6.61 Å². The summed E-state index contributed by atoms with van der Waals surface area (Å²) in [6.07, 6.45) is 8.13. The highest BCUT2D eigenvalue weighted by Gasteiger charge is 2.30. The highest BCUT2D eigenvalue weighted by atomic mass is 16.3. The van der Waals surface area contributed by atoms with Crippen LogP contribution in [-0.4, -0.2) is 23.5 Å². The summed E-state index contributed by atoms with van der Waals surface area (Å²) in [5.41, 5.74) is -0.439. The van der Waals surface area contributed by atoms with Crippen molar-refractivity contribution in [2.24, 2.45) is 5.92 Å². The van der Waals surface area contributed by atoms with Gasteiger partial charge in [-0.2, -0.15) is 0 Å². The molecule has 66 valence electrons. The Morgan fingerprint density at radius 2 is 2.42 bits per heavy atom. The van der Waals surface area contributed by atoms with Crippen molar-refractivity contribution in [2.45, 2.75) is 12.5 Å². The number of hydrogen-bond donors (Lipinski definition) is 2. The summed E-state index contributed by atoms with van der Waals surface area (Å²) < 4.78 is 0. The number of aliphatic hydroxyl groups is 1. The van der Waals surface area contributed by atoms with Crippen molar-refractivity contribution in [1.29, 1.82) is 0 Å². The molecule has 12 heavy (non-hydrogen) atoms. The number of allylic oxidation sites excluding steroid dienone is 2. The van der Waals surface area contributed by atoms with Gasteiger partial charge in [-0.15, -0.1) is 0 Å². The number of aliphatic hydroxyl groups excluding tert-OH is 1. The molecule has 2 N–H and O–H groups in total. The lowest BCUT2D eigenvalue weighted by atomic mass is 9.86. The number of dihydropyridines is 1. The zero-order valence-corrected chi connectivity index (χ0v) is 7.03. The van der Waals surface area contributed by atoms with Gasteiger partial charge in [0.25, 0.3) is 0 Å². The van der Waals surface area contributed by atoms with E-state index < -0.39 is 11.5 Å². The molecule has 0 fully saturated rings. The Bertz CT molecular complexity index is 223. The smallest absolute Gasteiger partial charge is 0.128 e. The molecule has 1 aliphatic heterocycles. The largest absolute Gasteiger partial charge is 0.396 e. The fraction of sp³-hybridized carbons (Fsp3) is 0.444. The Balaban J connectivity index is 2.76. The van der Waals surface area contributed by atoms with Gasteiger partial charge >= 0.3 is 0 Å². The normalized spacial score (nSPS) is 29.5. The maximum Gasteiger partial charge on any atom is 0.128 e. The van der Waals surface area contributed by atoms with Crippen molar-refractivity contribution >= 4 is 6.29 Å². The molecule has 0 amide bonds. The molecule has 0 saturated heterocycles. The summed E-state index contributed by atoms with van der Waals surface area (Å²) in [6.45, 7) is 1.74. The summed E-state index contributed by atoms with van der Waals surface area (Å²) in [6, 6.07) is 0. The molecule has 3 nitrogen and oxygen atoms in total. The molecular formula is C9H13NO2. The van der Waals surface area contributed by atoms with Crippen molar-refractivity contribution in [3.8, 4) is 0 Å². The zero-order chi connectivity index (χ0) is 9.03. The molecular weight excluding hydrogens is 154 g/mol. The van der Waals surface area contributed by atoms with Gasteiger partial charge in [0.2, 0.25) is 0 Å². The maximum atomic E-state index is 10.6. The molecule has 0 spiro atoms. The second-order valence-electron chi connectivity index (χ2n) is 3.07. The molecule has 1 heterocycles. The molecule has 2 unspecified atom stereocenters. The summed E-state index contributed by atoms with van der Waals surface area (Å²) in [4.78, 5) is 10.6. The third-order valence-corrected chi connectivity index (χ3v) is 2.18. The van der Waals surface area contributed by atoms with Crippen LogP contribution in [0.25, 0.3) is 0 Å². The SMILES string of the molecule is CC1(C(C=O)CO)C=CC=CN1. The Kier molecular flexibility index (Phi) is 2.65. The van der Waals surface area contributed by atoms with Gasteiger partial charge < -0.3 is 15.2 Å². The van der Waals surface area contributed by atoms with Crippen LogP contribution in [0.3, 0.4) is 0 Å². The highest BCUT2D eigenvalue weighted by molar-refractivity contribution is 5.57. The van der Waals surface area contributed by atoms with E-state index in [1.807, 2.05) is 25.2 Å². The fourth-order valence-electron chi connectivity index (χ4n) is 1.19. The molecule has 0 aliphatic carbocycles. The topological polar surface area (TPSA) is 49.3 Å². The van der Waals surface area contributed by atoms with E-state index >= 15 is 0 Å². The molecule has 2 atom stereocenters. The predicted molar refractivity (Wildman–Crippen MR) is 46.5 cm³/mol. The molecule has 0 aromatic carbocycles. The quantitative estimate of drug-likeness (QED) is 0.591. The van der Waals surface area contributed by atoms with Crippen LogP contribution in [0, 0.1) is 5.92 Å². The number of carbonyl (C=O) groups is 1. The minimum Gasteiger partial charge on any atom is -0.396 e. The lowest BCUT2D eigenvalue weighted by Gasteiger charge is -2.32. The molecule has 1 aliphatic rings. The van der Waals surface area contributed by atoms with Crippen molar-refractivity contribution in [1.82, 2.24) is 5.32 Å². The molecule has 3 heteroatoms.